The summed E-state index contributed by atoms with van der Waals surface area (Å²) in [6.45, 7) is 1.90. The van der Waals surface area contributed by atoms with Crippen LogP contribution in [0.1, 0.15) is 22.6 Å². The van der Waals surface area contributed by atoms with Gasteiger partial charge in [-0.15, -0.1) is 0 Å². The minimum Gasteiger partial charge on any atom is -0.497 e. The van der Waals surface area contributed by atoms with Gasteiger partial charge in [-0.25, -0.2) is 4.98 Å². The number of aromatic nitrogens is 2. The fourth-order valence-electron chi connectivity index (χ4n) is 4.37. The molecule has 0 spiro atoms. The minimum atomic E-state index is -0.107. The molecule has 1 N–H and O–H groups in total. The third kappa shape index (κ3) is 5.33. The van der Waals surface area contributed by atoms with Crippen molar-refractivity contribution in [2.24, 2.45) is 0 Å². The molecule has 4 aromatic carbocycles. The summed E-state index contributed by atoms with van der Waals surface area (Å²) < 4.78 is 13.4. The van der Waals surface area contributed by atoms with Crippen LogP contribution in [0.2, 0.25) is 0 Å². The minimum absolute atomic E-state index is 0.107. The Bertz CT molecular complexity index is 1470. The van der Waals surface area contributed by atoms with Crippen LogP contribution < -0.4 is 14.8 Å². The number of hydrogen-bond donors (Lipinski definition) is 1. The van der Waals surface area contributed by atoms with Gasteiger partial charge in [0.05, 0.1) is 24.8 Å². The zero-order valence-corrected chi connectivity index (χ0v) is 20.3. The quantitative estimate of drug-likeness (QED) is 0.263. The first-order valence-electron chi connectivity index (χ1n) is 12.2. The van der Waals surface area contributed by atoms with E-state index in [-0.39, 0.29) is 5.91 Å². The molecule has 0 aliphatic rings. The molecule has 0 bridgehead atoms. The Morgan fingerprint density at radius 2 is 1.64 bits per heavy atom. The number of hydrogen-bond acceptors (Lipinski definition) is 4. The molecule has 36 heavy (non-hydrogen) atoms. The van der Waals surface area contributed by atoms with Crippen molar-refractivity contribution in [1.29, 1.82) is 0 Å². The van der Waals surface area contributed by atoms with Crippen LogP contribution in [0.3, 0.4) is 0 Å². The summed E-state index contributed by atoms with van der Waals surface area (Å²) in [5.41, 5.74) is 2.67. The molecule has 1 aromatic heterocycles. The van der Waals surface area contributed by atoms with E-state index in [1.165, 1.54) is 10.8 Å². The smallest absolute Gasteiger partial charge is 0.251 e. The van der Waals surface area contributed by atoms with E-state index in [1.807, 2.05) is 36.4 Å². The lowest BCUT2D eigenvalue weighted by atomic mass is 10.1. The van der Waals surface area contributed by atoms with Crippen LogP contribution in [0.25, 0.3) is 21.8 Å². The first-order chi connectivity index (χ1) is 17.7. The molecule has 1 heterocycles. The molecular weight excluding hydrogens is 450 g/mol. The van der Waals surface area contributed by atoms with E-state index in [0.717, 1.165) is 41.3 Å². The molecule has 0 aliphatic carbocycles. The Morgan fingerprint density at radius 1 is 0.889 bits per heavy atom. The highest BCUT2D eigenvalue weighted by molar-refractivity contribution is 5.94. The number of nitrogens with zero attached hydrogens (tertiary/aromatic N) is 2. The molecule has 0 saturated heterocycles. The number of nitrogens with one attached hydrogen (secondary N) is 1. The van der Waals surface area contributed by atoms with Crippen molar-refractivity contribution in [3.8, 4) is 11.5 Å². The lowest BCUT2D eigenvalue weighted by Gasteiger charge is -2.11. The van der Waals surface area contributed by atoms with E-state index in [0.29, 0.717) is 25.1 Å². The number of para-hydroxylation sites is 2. The lowest BCUT2D eigenvalue weighted by Crippen LogP contribution is -2.26. The van der Waals surface area contributed by atoms with Crippen LogP contribution in [0.15, 0.2) is 91.0 Å². The average molecular weight is 480 g/mol. The number of ether oxygens (including phenoxy) is 2. The Hall–Kier alpha value is -4.32. The number of amides is 1. The summed E-state index contributed by atoms with van der Waals surface area (Å²) in [4.78, 5) is 17.4. The van der Waals surface area contributed by atoms with E-state index in [9.17, 15) is 4.79 Å². The fourth-order valence-corrected chi connectivity index (χ4v) is 4.37. The Balaban J connectivity index is 1.20. The van der Waals surface area contributed by atoms with Gasteiger partial charge in [0.25, 0.3) is 5.91 Å². The predicted octanol–water partition coefficient (Wildman–Crippen LogP) is 5.64. The number of rotatable bonds is 10. The maximum atomic E-state index is 12.5. The lowest BCUT2D eigenvalue weighted by molar-refractivity contribution is 0.0954. The zero-order valence-electron chi connectivity index (χ0n) is 20.3. The number of carbonyl (C=O) groups is 1. The summed E-state index contributed by atoms with van der Waals surface area (Å²) in [6.07, 6.45) is 1.49. The Kier molecular flexibility index (Phi) is 7.12. The fraction of sp³-hybridized carbons (Fsp3) is 0.200. The first-order valence-corrected chi connectivity index (χ1v) is 12.2. The van der Waals surface area contributed by atoms with Crippen molar-refractivity contribution in [3.63, 3.8) is 0 Å². The highest BCUT2D eigenvalue weighted by Gasteiger charge is 2.12. The molecule has 0 atom stereocenters. The SMILES string of the molecule is COc1ccc(C(=O)NCCc2nc3ccccc3n2CCCOc2ccc3ccccc3c2)cc1. The monoisotopic (exact) mass is 479 g/mol. The van der Waals surface area contributed by atoms with Crippen LogP contribution >= 0.6 is 0 Å². The first kappa shape index (κ1) is 23.4. The summed E-state index contributed by atoms with van der Waals surface area (Å²) in [6, 6.07) is 29.7. The van der Waals surface area contributed by atoms with Gasteiger partial charge in [-0.05, 0) is 65.7 Å². The standard InChI is InChI=1S/C30H29N3O3/c1-35-25-14-12-23(13-15-25)30(34)31-18-17-29-32-27-9-4-5-10-28(27)33(29)19-6-20-36-26-16-11-22-7-2-3-8-24(22)21-26/h2-5,7-16,21H,6,17-20H2,1H3,(H,31,34). The number of imidazole rings is 1. The summed E-state index contributed by atoms with van der Waals surface area (Å²) in [7, 11) is 1.61. The number of methoxy groups -OCH3 is 1. The van der Waals surface area contributed by atoms with Gasteiger partial charge in [0, 0.05) is 25.1 Å². The molecule has 5 rings (SSSR count). The van der Waals surface area contributed by atoms with E-state index in [2.05, 4.69) is 40.2 Å². The van der Waals surface area contributed by atoms with E-state index >= 15 is 0 Å². The highest BCUT2D eigenvalue weighted by atomic mass is 16.5. The van der Waals surface area contributed by atoms with Gasteiger partial charge < -0.3 is 19.4 Å². The largest absolute Gasteiger partial charge is 0.497 e. The summed E-state index contributed by atoms with van der Waals surface area (Å²) >= 11 is 0. The molecule has 6 nitrogen and oxygen atoms in total. The maximum absolute atomic E-state index is 12.5. The summed E-state index contributed by atoms with van der Waals surface area (Å²) in [5, 5.41) is 5.38. The zero-order chi connectivity index (χ0) is 24.7. The predicted molar refractivity (Wildman–Crippen MR) is 143 cm³/mol. The normalized spacial score (nSPS) is 11.0. The molecule has 0 saturated carbocycles. The third-order valence-corrected chi connectivity index (χ3v) is 6.24. The second-order valence-corrected chi connectivity index (χ2v) is 8.61. The highest BCUT2D eigenvalue weighted by Crippen LogP contribution is 2.21. The van der Waals surface area contributed by atoms with E-state index < -0.39 is 0 Å². The summed E-state index contributed by atoms with van der Waals surface area (Å²) in [5.74, 6) is 2.46. The van der Waals surface area contributed by atoms with Crippen LogP contribution in [0, 0.1) is 0 Å². The third-order valence-electron chi connectivity index (χ3n) is 6.24. The van der Waals surface area contributed by atoms with Crippen molar-refractivity contribution in [1.82, 2.24) is 14.9 Å². The number of benzene rings is 4. The van der Waals surface area contributed by atoms with Gasteiger partial charge in [0.1, 0.15) is 17.3 Å². The second kappa shape index (κ2) is 11.0. The molecule has 6 heteroatoms. The van der Waals surface area contributed by atoms with Crippen LogP contribution in [-0.4, -0.2) is 35.7 Å². The van der Waals surface area contributed by atoms with E-state index in [1.54, 1.807) is 31.4 Å². The molecule has 182 valence electrons. The van der Waals surface area contributed by atoms with Crippen molar-refractivity contribution in [2.45, 2.75) is 19.4 Å². The molecule has 0 fully saturated rings. The van der Waals surface area contributed by atoms with E-state index in [4.69, 9.17) is 14.5 Å². The molecular formula is C30H29N3O3. The molecule has 0 radical (unpaired) electrons. The van der Waals surface area contributed by atoms with Gasteiger partial charge in [0.15, 0.2) is 0 Å². The second-order valence-electron chi connectivity index (χ2n) is 8.61. The van der Waals surface area contributed by atoms with Crippen molar-refractivity contribution >= 4 is 27.7 Å². The van der Waals surface area contributed by atoms with Gasteiger partial charge in [-0.2, -0.15) is 0 Å². The molecule has 1 amide bonds. The van der Waals surface area contributed by atoms with Crippen LogP contribution in [0.4, 0.5) is 0 Å². The average Bonchev–Trinajstić information content (AvgIpc) is 3.28. The topological polar surface area (TPSA) is 65.4 Å². The Morgan fingerprint density at radius 3 is 2.47 bits per heavy atom. The Labute approximate surface area is 210 Å². The van der Waals surface area contributed by atoms with Gasteiger partial charge in [0.2, 0.25) is 0 Å². The number of aryl methyl sites for hydroxylation is 1. The van der Waals surface area contributed by atoms with Gasteiger partial charge >= 0.3 is 0 Å². The number of fused-ring (bicyclic) bond motifs is 2. The van der Waals surface area contributed by atoms with Crippen LogP contribution in [-0.2, 0) is 13.0 Å². The molecule has 0 aliphatic heterocycles. The van der Waals surface area contributed by atoms with Crippen molar-refractivity contribution < 1.29 is 14.3 Å². The van der Waals surface area contributed by atoms with Crippen molar-refractivity contribution in [3.05, 3.63) is 102 Å². The van der Waals surface area contributed by atoms with Gasteiger partial charge in [-0.3, -0.25) is 4.79 Å². The molecule has 0 unspecified atom stereocenters. The maximum Gasteiger partial charge on any atom is 0.251 e. The van der Waals surface area contributed by atoms with Crippen LogP contribution in [0.5, 0.6) is 11.5 Å². The van der Waals surface area contributed by atoms with Crippen molar-refractivity contribution in [2.75, 3.05) is 20.3 Å². The molecule has 5 aromatic rings. The van der Waals surface area contributed by atoms with Gasteiger partial charge in [-0.1, -0.05) is 42.5 Å². The number of carbonyl (C=O) groups excluding carboxylic acids is 1.